The Morgan fingerprint density at radius 2 is 2.00 bits per heavy atom. The summed E-state index contributed by atoms with van der Waals surface area (Å²) in [5, 5.41) is 25.1. The third-order valence-electron chi connectivity index (χ3n) is 2.75. The highest BCUT2D eigenvalue weighted by molar-refractivity contribution is 6.00. The van der Waals surface area contributed by atoms with Gasteiger partial charge in [0.25, 0.3) is 5.69 Å². The average Bonchev–Trinajstić information content (AvgIpc) is 2.47. The molecule has 0 spiro atoms. The van der Waals surface area contributed by atoms with Gasteiger partial charge in [-0.2, -0.15) is 0 Å². The molecule has 0 aromatic heterocycles. The molecule has 0 unspecified atom stereocenters. The number of aromatic hydroxyl groups is 1. The summed E-state index contributed by atoms with van der Waals surface area (Å²) >= 11 is 0. The van der Waals surface area contributed by atoms with Crippen molar-refractivity contribution >= 4 is 23.1 Å². The minimum Gasteiger partial charge on any atom is -0.508 e. The monoisotopic (exact) mass is 303 g/mol. The quantitative estimate of drug-likeness (QED) is 0.593. The minimum absolute atomic E-state index is 0.0192. The molecule has 8 heteroatoms. The number of non-ortho nitro benzene ring substituents is 1. The van der Waals surface area contributed by atoms with Crippen LogP contribution in [-0.2, 0) is 0 Å². The summed E-state index contributed by atoms with van der Waals surface area (Å²) < 4.78 is 5.02. The molecule has 0 fully saturated rings. The highest BCUT2D eigenvalue weighted by Gasteiger charge is 2.13. The Bertz CT molecular complexity index is 717. The van der Waals surface area contributed by atoms with Crippen LogP contribution < -0.4 is 15.4 Å². The van der Waals surface area contributed by atoms with Crippen LogP contribution in [0.2, 0.25) is 0 Å². The molecule has 3 N–H and O–H groups in total. The largest absolute Gasteiger partial charge is 0.508 e. The number of ether oxygens (including phenoxy) is 1. The van der Waals surface area contributed by atoms with Gasteiger partial charge in [-0.1, -0.05) is 6.07 Å². The molecule has 0 saturated carbocycles. The van der Waals surface area contributed by atoms with Gasteiger partial charge in [0, 0.05) is 17.8 Å². The number of nitro benzene ring substituents is 1. The second-order valence-electron chi connectivity index (χ2n) is 4.27. The molecule has 0 aliphatic heterocycles. The molecule has 2 rings (SSSR count). The molecule has 8 nitrogen and oxygen atoms in total. The van der Waals surface area contributed by atoms with E-state index in [4.69, 9.17) is 4.74 Å². The number of hydrogen-bond donors (Lipinski definition) is 3. The van der Waals surface area contributed by atoms with E-state index < -0.39 is 11.0 Å². The van der Waals surface area contributed by atoms with Gasteiger partial charge in [0.15, 0.2) is 0 Å². The lowest BCUT2D eigenvalue weighted by Gasteiger charge is -2.11. The number of nitrogens with one attached hydrogen (secondary N) is 2. The Kier molecular flexibility index (Phi) is 4.42. The molecule has 0 saturated heterocycles. The number of phenols is 1. The van der Waals surface area contributed by atoms with Crippen molar-refractivity contribution in [2.24, 2.45) is 0 Å². The van der Waals surface area contributed by atoms with Crippen molar-refractivity contribution in [2.45, 2.75) is 0 Å². The number of nitrogens with zero attached hydrogens (tertiary/aromatic N) is 1. The van der Waals surface area contributed by atoms with Crippen LogP contribution in [-0.4, -0.2) is 23.2 Å². The number of urea groups is 1. The maximum absolute atomic E-state index is 11.9. The fourth-order valence-corrected chi connectivity index (χ4v) is 1.77. The third kappa shape index (κ3) is 3.63. The van der Waals surface area contributed by atoms with Crippen LogP contribution in [0.15, 0.2) is 42.5 Å². The number of phenolic OH excluding ortho intramolecular Hbond substituents is 1. The van der Waals surface area contributed by atoms with E-state index in [9.17, 15) is 20.0 Å². The van der Waals surface area contributed by atoms with Crippen molar-refractivity contribution in [2.75, 3.05) is 17.7 Å². The number of rotatable bonds is 4. The predicted molar refractivity (Wildman–Crippen MR) is 80.4 cm³/mol. The highest BCUT2D eigenvalue weighted by Crippen LogP contribution is 2.29. The van der Waals surface area contributed by atoms with Crippen LogP contribution in [0, 0.1) is 10.1 Å². The molecule has 2 aromatic carbocycles. The van der Waals surface area contributed by atoms with Crippen molar-refractivity contribution in [3.63, 3.8) is 0 Å². The molecule has 0 radical (unpaired) electrons. The molecular formula is C14H13N3O5. The minimum atomic E-state index is -0.572. The first-order valence-electron chi connectivity index (χ1n) is 6.19. The summed E-state index contributed by atoms with van der Waals surface area (Å²) in [5.41, 5.74) is 0.542. The Hall–Kier alpha value is -3.29. The summed E-state index contributed by atoms with van der Waals surface area (Å²) in [6, 6.07) is 9.31. The van der Waals surface area contributed by atoms with E-state index in [0.29, 0.717) is 5.69 Å². The normalized spacial score (nSPS) is 9.86. The molecule has 0 atom stereocenters. The van der Waals surface area contributed by atoms with E-state index in [1.807, 2.05) is 0 Å². The summed E-state index contributed by atoms with van der Waals surface area (Å²) in [4.78, 5) is 22.0. The lowest BCUT2D eigenvalue weighted by molar-refractivity contribution is -0.384. The van der Waals surface area contributed by atoms with Crippen LogP contribution in [0.3, 0.4) is 0 Å². The van der Waals surface area contributed by atoms with E-state index in [1.54, 1.807) is 12.1 Å². The second-order valence-corrected chi connectivity index (χ2v) is 4.27. The van der Waals surface area contributed by atoms with E-state index in [1.165, 1.54) is 37.4 Å². The first-order valence-corrected chi connectivity index (χ1v) is 6.19. The predicted octanol–water partition coefficient (Wildman–Crippen LogP) is 2.95. The smallest absolute Gasteiger partial charge is 0.323 e. The van der Waals surface area contributed by atoms with Crippen LogP contribution in [0.4, 0.5) is 21.9 Å². The number of hydrogen-bond acceptors (Lipinski definition) is 5. The van der Waals surface area contributed by atoms with Gasteiger partial charge in [-0.15, -0.1) is 0 Å². The third-order valence-corrected chi connectivity index (χ3v) is 2.75. The van der Waals surface area contributed by atoms with Crippen molar-refractivity contribution < 1.29 is 19.6 Å². The molecule has 0 heterocycles. The molecule has 2 aromatic rings. The van der Waals surface area contributed by atoms with Crippen molar-refractivity contribution in [1.29, 1.82) is 0 Å². The van der Waals surface area contributed by atoms with Crippen LogP contribution in [0.5, 0.6) is 11.5 Å². The maximum Gasteiger partial charge on any atom is 0.323 e. The number of benzene rings is 2. The Labute approximate surface area is 125 Å². The van der Waals surface area contributed by atoms with Crippen molar-refractivity contribution in [1.82, 2.24) is 0 Å². The lowest BCUT2D eigenvalue weighted by Crippen LogP contribution is -2.19. The first kappa shape index (κ1) is 15.1. The van der Waals surface area contributed by atoms with Crippen LogP contribution in [0.25, 0.3) is 0 Å². The Morgan fingerprint density at radius 1 is 1.23 bits per heavy atom. The molecule has 2 amide bonds. The zero-order valence-corrected chi connectivity index (χ0v) is 11.6. The summed E-state index contributed by atoms with van der Waals surface area (Å²) in [6.45, 7) is 0. The van der Waals surface area contributed by atoms with E-state index in [-0.39, 0.29) is 22.9 Å². The van der Waals surface area contributed by atoms with E-state index >= 15 is 0 Å². The number of amides is 2. The first-order chi connectivity index (χ1) is 10.5. The van der Waals surface area contributed by atoms with Crippen LogP contribution in [0.1, 0.15) is 0 Å². The van der Waals surface area contributed by atoms with E-state index in [0.717, 1.165) is 0 Å². The number of anilines is 2. The number of carbonyl (C=O) groups excluding carboxylic acids is 1. The fraction of sp³-hybridized carbons (Fsp3) is 0.0714. The summed E-state index contributed by atoms with van der Waals surface area (Å²) in [6.07, 6.45) is 0. The summed E-state index contributed by atoms with van der Waals surface area (Å²) in [7, 11) is 1.34. The summed E-state index contributed by atoms with van der Waals surface area (Å²) in [5.74, 6) is 0.186. The average molecular weight is 303 g/mol. The van der Waals surface area contributed by atoms with Crippen molar-refractivity contribution in [3.05, 3.63) is 52.6 Å². The van der Waals surface area contributed by atoms with Gasteiger partial charge < -0.3 is 20.5 Å². The molecule has 0 aliphatic carbocycles. The number of carbonyl (C=O) groups is 1. The fourth-order valence-electron chi connectivity index (χ4n) is 1.77. The van der Waals surface area contributed by atoms with Crippen LogP contribution >= 0.6 is 0 Å². The zero-order chi connectivity index (χ0) is 16.1. The van der Waals surface area contributed by atoms with Gasteiger partial charge in [0.05, 0.1) is 23.8 Å². The van der Waals surface area contributed by atoms with Gasteiger partial charge in [0.1, 0.15) is 11.5 Å². The maximum atomic E-state index is 11.9. The molecule has 22 heavy (non-hydrogen) atoms. The van der Waals surface area contributed by atoms with Gasteiger partial charge >= 0.3 is 6.03 Å². The Balaban J connectivity index is 2.12. The SMILES string of the molecule is COc1cc([N+](=O)[O-])ccc1NC(=O)Nc1cccc(O)c1. The molecule has 114 valence electrons. The van der Waals surface area contributed by atoms with Gasteiger partial charge in [-0.05, 0) is 18.2 Å². The lowest BCUT2D eigenvalue weighted by atomic mass is 10.2. The Morgan fingerprint density at radius 3 is 2.64 bits per heavy atom. The van der Waals surface area contributed by atoms with Gasteiger partial charge in [-0.3, -0.25) is 10.1 Å². The zero-order valence-electron chi connectivity index (χ0n) is 11.6. The number of nitro groups is 1. The van der Waals surface area contributed by atoms with E-state index in [2.05, 4.69) is 10.6 Å². The van der Waals surface area contributed by atoms with Crippen molar-refractivity contribution in [3.8, 4) is 11.5 Å². The topological polar surface area (TPSA) is 114 Å². The highest BCUT2D eigenvalue weighted by atomic mass is 16.6. The van der Waals surface area contributed by atoms with Gasteiger partial charge in [0.2, 0.25) is 0 Å². The molecule has 0 aliphatic rings. The number of methoxy groups -OCH3 is 1. The molecular weight excluding hydrogens is 290 g/mol. The second kappa shape index (κ2) is 6.44. The standard InChI is InChI=1S/C14H13N3O5/c1-22-13-8-10(17(20)21)5-6-12(13)16-14(19)15-9-3-2-4-11(18)7-9/h2-8,18H,1H3,(H2,15,16,19). The molecule has 0 bridgehead atoms. The van der Waals surface area contributed by atoms with Gasteiger partial charge in [-0.25, -0.2) is 4.79 Å².